The van der Waals surface area contributed by atoms with Gasteiger partial charge in [-0.3, -0.25) is 0 Å². The van der Waals surface area contributed by atoms with Crippen LogP contribution in [0.25, 0.3) is 16.9 Å². The molecular formula is C20H14Cl2N6. The number of benzene rings is 1. The summed E-state index contributed by atoms with van der Waals surface area (Å²) in [6, 6.07) is 14.8. The maximum absolute atomic E-state index is 9.03. The van der Waals surface area contributed by atoms with Gasteiger partial charge in [0.1, 0.15) is 10.8 Å². The number of nitrogens with one attached hydrogen (secondary N) is 1. The fourth-order valence-electron chi connectivity index (χ4n) is 2.94. The minimum atomic E-state index is 0.378. The van der Waals surface area contributed by atoms with Crippen molar-refractivity contribution in [2.75, 3.05) is 5.32 Å². The molecule has 1 aromatic carbocycles. The van der Waals surface area contributed by atoms with Gasteiger partial charge in [0.15, 0.2) is 0 Å². The molecule has 3 heterocycles. The summed E-state index contributed by atoms with van der Waals surface area (Å²) in [7, 11) is 0. The van der Waals surface area contributed by atoms with Crippen LogP contribution in [-0.4, -0.2) is 19.4 Å². The normalized spacial score (nSPS) is 10.8. The molecule has 0 unspecified atom stereocenters. The highest BCUT2D eigenvalue weighted by atomic mass is 35.5. The van der Waals surface area contributed by atoms with Crippen molar-refractivity contribution in [1.82, 2.24) is 19.4 Å². The Morgan fingerprint density at radius 3 is 2.57 bits per heavy atom. The first-order valence-corrected chi connectivity index (χ1v) is 9.21. The molecule has 0 aliphatic heterocycles. The number of hydrogen-bond donors (Lipinski definition) is 1. The molecular weight excluding hydrogens is 395 g/mol. The monoisotopic (exact) mass is 408 g/mol. The minimum absolute atomic E-state index is 0.378. The SMILES string of the molecule is Cc1cc(Cl)nc(NCc2c(-c3ccc(C#N)cc3)nc3ccc(Cl)cn23)n1. The largest absolute Gasteiger partial charge is 0.348 e. The molecule has 3 aromatic heterocycles. The Kier molecular flexibility index (Phi) is 4.86. The Labute approximate surface area is 171 Å². The number of nitrogens with zero attached hydrogens (tertiary/aromatic N) is 5. The van der Waals surface area contributed by atoms with E-state index in [9.17, 15) is 0 Å². The van der Waals surface area contributed by atoms with Crippen LogP contribution < -0.4 is 5.32 Å². The first-order chi connectivity index (χ1) is 13.5. The third kappa shape index (κ3) is 3.63. The quantitative estimate of drug-likeness (QED) is 0.486. The van der Waals surface area contributed by atoms with Crippen LogP contribution in [0.15, 0.2) is 48.7 Å². The molecule has 0 saturated heterocycles. The summed E-state index contributed by atoms with van der Waals surface area (Å²) < 4.78 is 1.93. The molecule has 1 N–H and O–H groups in total. The van der Waals surface area contributed by atoms with Gasteiger partial charge in [0, 0.05) is 17.5 Å². The van der Waals surface area contributed by atoms with Crippen LogP contribution >= 0.6 is 23.2 Å². The van der Waals surface area contributed by atoms with Gasteiger partial charge in [-0.15, -0.1) is 0 Å². The standard InChI is InChI=1S/C20H14Cl2N6/c1-12-8-17(22)26-20(25-12)24-10-16-19(14-4-2-13(9-23)3-5-14)27-18-7-6-15(21)11-28(16)18/h2-8,11H,10H2,1H3,(H,24,25,26). The molecule has 138 valence electrons. The second-order valence-corrected chi connectivity index (χ2v) is 7.00. The zero-order valence-electron chi connectivity index (χ0n) is 14.8. The Morgan fingerprint density at radius 1 is 1.07 bits per heavy atom. The number of hydrogen-bond acceptors (Lipinski definition) is 5. The second-order valence-electron chi connectivity index (χ2n) is 6.18. The van der Waals surface area contributed by atoms with Gasteiger partial charge in [-0.1, -0.05) is 35.3 Å². The van der Waals surface area contributed by atoms with Crippen LogP contribution in [0.4, 0.5) is 5.95 Å². The van der Waals surface area contributed by atoms with Crippen molar-refractivity contribution in [2.45, 2.75) is 13.5 Å². The van der Waals surface area contributed by atoms with Crippen molar-refractivity contribution in [2.24, 2.45) is 0 Å². The number of aryl methyl sites for hydroxylation is 1. The van der Waals surface area contributed by atoms with E-state index in [1.54, 1.807) is 24.3 Å². The molecule has 6 nitrogen and oxygen atoms in total. The average Bonchev–Trinajstić information content (AvgIpc) is 3.03. The third-order valence-electron chi connectivity index (χ3n) is 4.21. The van der Waals surface area contributed by atoms with Crippen LogP contribution in [0.3, 0.4) is 0 Å². The molecule has 28 heavy (non-hydrogen) atoms. The van der Waals surface area contributed by atoms with Crippen LogP contribution in [0.2, 0.25) is 10.2 Å². The predicted molar refractivity (Wildman–Crippen MR) is 109 cm³/mol. The van der Waals surface area contributed by atoms with Crippen LogP contribution in [0, 0.1) is 18.3 Å². The molecule has 0 bridgehead atoms. The first-order valence-electron chi connectivity index (χ1n) is 8.45. The van der Waals surface area contributed by atoms with E-state index in [4.69, 9.17) is 33.4 Å². The fourth-order valence-corrected chi connectivity index (χ4v) is 3.34. The lowest BCUT2D eigenvalue weighted by Crippen LogP contribution is -2.07. The molecule has 4 aromatic rings. The topological polar surface area (TPSA) is 78.9 Å². The zero-order valence-corrected chi connectivity index (χ0v) is 16.3. The van der Waals surface area contributed by atoms with Crippen molar-refractivity contribution in [3.63, 3.8) is 0 Å². The van der Waals surface area contributed by atoms with Crippen molar-refractivity contribution >= 4 is 34.8 Å². The summed E-state index contributed by atoms with van der Waals surface area (Å²) in [5, 5.41) is 13.2. The number of aromatic nitrogens is 4. The van der Waals surface area contributed by atoms with Crippen molar-refractivity contribution < 1.29 is 0 Å². The summed E-state index contributed by atoms with van der Waals surface area (Å²) in [6.45, 7) is 2.27. The maximum atomic E-state index is 9.03. The number of nitriles is 1. The minimum Gasteiger partial charge on any atom is -0.348 e. The van der Waals surface area contributed by atoms with E-state index in [1.165, 1.54) is 0 Å². The van der Waals surface area contributed by atoms with Crippen LogP contribution in [0.5, 0.6) is 0 Å². The molecule has 0 radical (unpaired) electrons. The van der Waals surface area contributed by atoms with Gasteiger partial charge in [-0.05, 0) is 37.3 Å². The van der Waals surface area contributed by atoms with Gasteiger partial charge in [0.05, 0.1) is 34.6 Å². The van der Waals surface area contributed by atoms with Gasteiger partial charge in [-0.2, -0.15) is 5.26 Å². The predicted octanol–water partition coefficient (Wildman–Crippen LogP) is 4.89. The molecule has 8 heteroatoms. The number of imidazole rings is 1. The lowest BCUT2D eigenvalue weighted by molar-refractivity contribution is 0.969. The molecule has 0 aliphatic rings. The van der Waals surface area contributed by atoms with Crippen molar-refractivity contribution in [1.29, 1.82) is 5.26 Å². The third-order valence-corrected chi connectivity index (χ3v) is 4.62. The van der Waals surface area contributed by atoms with Gasteiger partial charge < -0.3 is 9.72 Å². The number of anilines is 1. The number of halogens is 2. The van der Waals surface area contributed by atoms with Gasteiger partial charge >= 0.3 is 0 Å². The van der Waals surface area contributed by atoms with Gasteiger partial charge in [0.25, 0.3) is 0 Å². The fraction of sp³-hybridized carbons (Fsp3) is 0.100. The summed E-state index contributed by atoms with van der Waals surface area (Å²) in [5.41, 5.74) is 4.72. The second kappa shape index (κ2) is 7.47. The van der Waals surface area contributed by atoms with E-state index in [1.807, 2.05) is 35.7 Å². The van der Waals surface area contributed by atoms with E-state index in [-0.39, 0.29) is 0 Å². The van der Waals surface area contributed by atoms with Gasteiger partial charge in [0.2, 0.25) is 5.95 Å². The molecule has 0 atom stereocenters. The Bertz CT molecular complexity index is 1190. The smallest absolute Gasteiger partial charge is 0.224 e. The summed E-state index contributed by atoms with van der Waals surface area (Å²) in [5.74, 6) is 0.438. The van der Waals surface area contributed by atoms with Gasteiger partial charge in [-0.25, -0.2) is 15.0 Å². The number of pyridine rings is 1. The summed E-state index contributed by atoms with van der Waals surface area (Å²) >= 11 is 12.2. The Morgan fingerprint density at radius 2 is 1.86 bits per heavy atom. The first kappa shape index (κ1) is 18.2. The lowest BCUT2D eigenvalue weighted by atomic mass is 10.1. The lowest BCUT2D eigenvalue weighted by Gasteiger charge is -2.09. The van der Waals surface area contributed by atoms with Crippen LogP contribution in [-0.2, 0) is 6.54 Å². The Hall–Kier alpha value is -3.14. The molecule has 0 aliphatic carbocycles. The van der Waals surface area contributed by atoms with Crippen molar-refractivity contribution in [3.8, 4) is 17.3 Å². The molecule has 0 spiro atoms. The number of fused-ring (bicyclic) bond motifs is 1. The molecule has 0 fully saturated rings. The van der Waals surface area contributed by atoms with E-state index in [0.29, 0.717) is 28.2 Å². The summed E-state index contributed by atoms with van der Waals surface area (Å²) in [4.78, 5) is 13.3. The average molecular weight is 409 g/mol. The highest BCUT2D eigenvalue weighted by Crippen LogP contribution is 2.27. The Balaban J connectivity index is 1.77. The van der Waals surface area contributed by atoms with E-state index >= 15 is 0 Å². The molecule has 0 saturated carbocycles. The number of rotatable bonds is 4. The highest BCUT2D eigenvalue weighted by molar-refractivity contribution is 6.30. The maximum Gasteiger partial charge on any atom is 0.224 e. The van der Waals surface area contributed by atoms with E-state index in [0.717, 1.165) is 28.3 Å². The van der Waals surface area contributed by atoms with Crippen molar-refractivity contribution in [3.05, 3.63) is 75.8 Å². The highest BCUT2D eigenvalue weighted by Gasteiger charge is 2.15. The molecule has 4 rings (SSSR count). The zero-order chi connectivity index (χ0) is 19.7. The molecule has 0 amide bonds. The van der Waals surface area contributed by atoms with E-state index < -0.39 is 0 Å². The summed E-state index contributed by atoms with van der Waals surface area (Å²) in [6.07, 6.45) is 1.82. The van der Waals surface area contributed by atoms with E-state index in [2.05, 4.69) is 21.4 Å². The van der Waals surface area contributed by atoms with Crippen LogP contribution in [0.1, 0.15) is 17.0 Å².